The molecule has 5 heteroatoms. The first-order valence-electron chi connectivity index (χ1n) is 9.06. The summed E-state index contributed by atoms with van der Waals surface area (Å²) in [6, 6.07) is 16.4. The topological polar surface area (TPSA) is 23.6 Å². The second kappa shape index (κ2) is 8.69. The average Bonchev–Trinajstić information content (AvgIpc) is 2.84. The fraction of sp³-hybridized carbons (Fsp3) is 0.333. The molecule has 1 aliphatic rings. The molecule has 0 radical (unpaired) electrons. The Balaban J connectivity index is 1.88. The van der Waals surface area contributed by atoms with Crippen molar-refractivity contribution >= 4 is 45.6 Å². The van der Waals surface area contributed by atoms with Gasteiger partial charge in [-0.05, 0) is 49.9 Å². The summed E-state index contributed by atoms with van der Waals surface area (Å²) >= 11 is 6.95. The number of carbonyl (C=O) groups excluding carboxylic acids is 1. The molecule has 1 aliphatic heterocycles. The van der Waals surface area contributed by atoms with Crippen LogP contribution < -0.4 is 4.90 Å². The molecule has 0 spiro atoms. The summed E-state index contributed by atoms with van der Waals surface area (Å²) in [5, 5.41) is 0. The van der Waals surface area contributed by atoms with Crippen molar-refractivity contribution < 1.29 is 4.79 Å². The van der Waals surface area contributed by atoms with Gasteiger partial charge >= 0.3 is 0 Å². The quantitative estimate of drug-likeness (QED) is 0.706. The number of fused-ring (bicyclic) bond motifs is 2. The number of aryl methyl sites for hydroxylation is 2. The van der Waals surface area contributed by atoms with Gasteiger partial charge in [-0.15, -0.1) is 0 Å². The zero-order valence-corrected chi connectivity index (χ0v) is 16.9. The number of anilines is 2. The van der Waals surface area contributed by atoms with Crippen LogP contribution in [0.25, 0.3) is 0 Å². The second-order valence-corrected chi connectivity index (χ2v) is 7.82. The van der Waals surface area contributed by atoms with Gasteiger partial charge in [0.2, 0.25) is 5.91 Å². The number of amides is 1. The van der Waals surface area contributed by atoms with Crippen LogP contribution in [0.15, 0.2) is 48.5 Å². The smallest absolute Gasteiger partial charge is 0.242 e. The Morgan fingerprint density at radius 2 is 1.50 bits per heavy atom. The van der Waals surface area contributed by atoms with Crippen LogP contribution in [0.4, 0.5) is 11.4 Å². The maximum atomic E-state index is 13.2. The van der Waals surface area contributed by atoms with E-state index in [4.69, 9.17) is 12.2 Å². The molecule has 0 bridgehead atoms. The van der Waals surface area contributed by atoms with Crippen LogP contribution in [0.5, 0.6) is 0 Å². The molecule has 2 aromatic rings. The van der Waals surface area contributed by atoms with Crippen molar-refractivity contribution in [3.63, 3.8) is 0 Å². The summed E-state index contributed by atoms with van der Waals surface area (Å²) in [5.41, 5.74) is 4.43. The van der Waals surface area contributed by atoms with E-state index in [1.807, 2.05) is 41.3 Å². The van der Waals surface area contributed by atoms with E-state index in [0.717, 1.165) is 41.6 Å². The Kier molecular flexibility index (Phi) is 6.33. The summed E-state index contributed by atoms with van der Waals surface area (Å²) < 4.78 is 0.791. The van der Waals surface area contributed by atoms with Crippen LogP contribution in [-0.2, 0) is 17.6 Å². The summed E-state index contributed by atoms with van der Waals surface area (Å²) in [6.45, 7) is 5.90. The minimum Gasteiger partial charge on any atom is -0.358 e. The SMILES string of the molecule is CCN(CC)C(=S)SCC(=O)N1c2ccccc2CCc2ccccc21. The van der Waals surface area contributed by atoms with Crippen molar-refractivity contribution in [3.05, 3.63) is 59.7 Å². The van der Waals surface area contributed by atoms with Crippen LogP contribution in [0.2, 0.25) is 0 Å². The lowest BCUT2D eigenvalue weighted by molar-refractivity contribution is -0.115. The first-order valence-corrected chi connectivity index (χ1v) is 10.5. The van der Waals surface area contributed by atoms with E-state index in [1.165, 1.54) is 22.9 Å². The summed E-state index contributed by atoms with van der Waals surface area (Å²) in [7, 11) is 0. The van der Waals surface area contributed by atoms with Gasteiger partial charge in [0, 0.05) is 13.1 Å². The van der Waals surface area contributed by atoms with Gasteiger partial charge in [0.05, 0.1) is 17.1 Å². The molecular weight excluding hydrogens is 360 g/mol. The van der Waals surface area contributed by atoms with Crippen molar-refractivity contribution in [2.24, 2.45) is 0 Å². The number of hydrogen-bond acceptors (Lipinski definition) is 3. The average molecular weight is 385 g/mol. The van der Waals surface area contributed by atoms with Crippen molar-refractivity contribution in [2.75, 3.05) is 23.7 Å². The first kappa shape index (κ1) is 18.9. The largest absolute Gasteiger partial charge is 0.358 e. The van der Waals surface area contributed by atoms with E-state index in [1.54, 1.807) is 0 Å². The predicted octanol–water partition coefficient (Wildman–Crippen LogP) is 4.81. The fourth-order valence-electron chi connectivity index (χ4n) is 3.31. The zero-order valence-electron chi connectivity index (χ0n) is 15.3. The maximum absolute atomic E-state index is 13.2. The molecule has 0 N–H and O–H groups in total. The third kappa shape index (κ3) is 3.94. The van der Waals surface area contributed by atoms with E-state index in [0.29, 0.717) is 5.75 Å². The Morgan fingerprint density at radius 3 is 2.00 bits per heavy atom. The summed E-state index contributed by atoms with van der Waals surface area (Å²) in [6.07, 6.45) is 1.89. The zero-order chi connectivity index (χ0) is 18.5. The molecule has 0 fully saturated rings. The molecule has 3 nitrogen and oxygen atoms in total. The van der Waals surface area contributed by atoms with Gasteiger partial charge in [-0.3, -0.25) is 9.69 Å². The normalized spacial score (nSPS) is 12.8. The lowest BCUT2D eigenvalue weighted by atomic mass is 10.0. The lowest BCUT2D eigenvalue weighted by Gasteiger charge is -2.26. The molecule has 3 rings (SSSR count). The third-order valence-electron chi connectivity index (χ3n) is 4.72. The number of carbonyl (C=O) groups is 1. The van der Waals surface area contributed by atoms with Crippen LogP contribution in [0.3, 0.4) is 0 Å². The molecule has 0 saturated heterocycles. The highest BCUT2D eigenvalue weighted by Crippen LogP contribution is 2.36. The summed E-state index contributed by atoms with van der Waals surface area (Å²) in [5.74, 6) is 0.421. The van der Waals surface area contributed by atoms with Gasteiger partial charge in [-0.25, -0.2) is 0 Å². The Bertz CT molecular complexity index is 755. The maximum Gasteiger partial charge on any atom is 0.242 e. The van der Waals surface area contributed by atoms with Crippen molar-refractivity contribution in [3.8, 4) is 0 Å². The van der Waals surface area contributed by atoms with Crippen molar-refractivity contribution in [2.45, 2.75) is 26.7 Å². The molecular formula is C21H24N2OS2. The predicted molar refractivity (Wildman–Crippen MR) is 115 cm³/mol. The Labute approximate surface area is 165 Å². The highest BCUT2D eigenvalue weighted by Gasteiger charge is 2.25. The van der Waals surface area contributed by atoms with Crippen LogP contribution in [0, 0.1) is 0 Å². The van der Waals surface area contributed by atoms with Gasteiger partial charge in [-0.2, -0.15) is 0 Å². The number of rotatable bonds is 4. The minimum absolute atomic E-state index is 0.0753. The first-order chi connectivity index (χ1) is 12.7. The molecule has 2 aromatic carbocycles. The second-order valence-electron chi connectivity index (χ2n) is 6.21. The van der Waals surface area contributed by atoms with Crippen LogP contribution in [-0.4, -0.2) is 34.0 Å². The Hall–Kier alpha value is -1.85. The highest BCUT2D eigenvalue weighted by molar-refractivity contribution is 8.23. The van der Waals surface area contributed by atoms with Gasteiger partial charge < -0.3 is 4.90 Å². The van der Waals surface area contributed by atoms with E-state index < -0.39 is 0 Å². The molecule has 0 aliphatic carbocycles. The number of hydrogen-bond donors (Lipinski definition) is 0. The van der Waals surface area contributed by atoms with E-state index in [-0.39, 0.29) is 5.91 Å². The third-order valence-corrected chi connectivity index (χ3v) is 6.23. The molecule has 0 atom stereocenters. The standard InChI is InChI=1S/C21H24N2OS2/c1-3-22(4-2)21(25)26-15-20(24)23-18-11-7-5-9-16(18)13-14-17-10-6-8-12-19(17)23/h5-12H,3-4,13-15H2,1-2H3. The lowest BCUT2D eigenvalue weighted by Crippen LogP contribution is -2.31. The van der Waals surface area contributed by atoms with Crippen LogP contribution in [0.1, 0.15) is 25.0 Å². The van der Waals surface area contributed by atoms with E-state index >= 15 is 0 Å². The summed E-state index contributed by atoms with van der Waals surface area (Å²) in [4.78, 5) is 17.2. The monoisotopic (exact) mass is 384 g/mol. The van der Waals surface area contributed by atoms with Crippen LogP contribution >= 0.6 is 24.0 Å². The van der Waals surface area contributed by atoms with Gasteiger partial charge in [-0.1, -0.05) is 60.4 Å². The number of para-hydroxylation sites is 2. The molecule has 0 saturated carbocycles. The molecule has 1 heterocycles. The van der Waals surface area contributed by atoms with Gasteiger partial charge in [0.25, 0.3) is 0 Å². The number of benzene rings is 2. The molecule has 136 valence electrons. The number of thioether (sulfide) groups is 1. The van der Waals surface area contributed by atoms with Crippen molar-refractivity contribution in [1.82, 2.24) is 4.90 Å². The highest BCUT2D eigenvalue weighted by atomic mass is 32.2. The number of nitrogens with zero attached hydrogens (tertiary/aromatic N) is 2. The van der Waals surface area contributed by atoms with Gasteiger partial charge in [0.15, 0.2) is 0 Å². The van der Waals surface area contributed by atoms with E-state index in [2.05, 4.69) is 30.9 Å². The molecule has 26 heavy (non-hydrogen) atoms. The van der Waals surface area contributed by atoms with Crippen molar-refractivity contribution in [1.29, 1.82) is 0 Å². The van der Waals surface area contributed by atoms with E-state index in [9.17, 15) is 4.79 Å². The molecule has 0 aromatic heterocycles. The van der Waals surface area contributed by atoms with Gasteiger partial charge in [0.1, 0.15) is 4.32 Å². The number of thiocarbonyl (C=S) groups is 1. The fourth-order valence-corrected chi connectivity index (χ4v) is 4.56. The minimum atomic E-state index is 0.0753. The molecule has 0 unspecified atom stereocenters. The molecule has 1 amide bonds. The Morgan fingerprint density at radius 1 is 1.00 bits per heavy atom.